The van der Waals surface area contributed by atoms with Crippen molar-refractivity contribution >= 4 is 87.1 Å². The molecule has 13 rings (SSSR count). The van der Waals surface area contributed by atoms with Gasteiger partial charge in [-0.15, -0.1) is 0 Å². The zero-order valence-electron chi connectivity index (χ0n) is 81.4. The Hall–Kier alpha value is -11.0. The van der Waals surface area contributed by atoms with E-state index in [1.165, 1.54) is 36.3 Å². The number of nitrogens with one attached hydrogen (secondary N) is 1. The number of Topliss-reactive ketones (excluding diaryl/α,β-unsaturated/α-hetero) is 2. The molecule has 0 unspecified atom stereocenters. The van der Waals surface area contributed by atoms with E-state index in [2.05, 4.69) is 63.3 Å². The number of piperidine rings is 1. The van der Waals surface area contributed by atoms with Crippen molar-refractivity contribution in [3.8, 4) is 11.3 Å². The molecular formula is C101H138N16O21. The van der Waals surface area contributed by atoms with Gasteiger partial charge in [-0.05, 0) is 160 Å². The molecule has 138 heavy (non-hydrogen) atoms. The minimum Gasteiger partial charge on any atom is -0.460 e. The Kier molecular flexibility index (Phi) is 38.0. The number of aliphatic hydroxyl groups excluding tert-OH is 1. The standard InChI is InChI=1S/C101H138N16O21/c1-62-17-13-12-14-18-63(2)81(127-8)53-76-26-20-68(7)101(126,138-76)92(122)96(124)116-33-16-15-19-78(116)97(125)136-83(54-82(128-9)64(3)48-67(6)90(121)91(130-11)89(120)66(5)47-62)65(4)49-69-22-27-80(84(51-69)129-10)135-86(119)29-23-71-55-105-99(106-56-71)113-35-37-114(38-36-113)100-107-57-75(58-108-100)95(123)104-32-40-132-42-44-134-46-45-133-43-41-131-39-31-85(118)115-34-30-72-50-70(21-24-74(72)60-115)59-117-94-87(93(102)109-61-110-94)88(112-117)73-25-28-79-77(52-73)111-98(103)137-79/h12-14,17-18,21,24-25,28,48,50,52,55-58,61-62,64-66,68-69,76,78,80-84,90-91,121,126H,15-16,19-20,22-23,26-27,29-47,49,51,53-54,59-60H2,1-11H3,(H2,103,111)(H,104,123)(H2,102,109,110)/b14-12+,17-13+,63-18+,67-48+/t62-,64-,65-,66-,68-,69+,76+,78+,80-,81+,82-,83+,84-,90-,91+,101-/m1/s1. The highest BCUT2D eigenvalue weighted by Crippen LogP contribution is 2.41. The average Bonchev–Trinajstić information content (AvgIpc) is 1.62. The fraction of sp³-hybridized carbons (Fsp3) is 0.594. The van der Waals surface area contributed by atoms with Gasteiger partial charge in [-0.25, -0.2) is 39.4 Å². The molecule has 5 aliphatic heterocycles. The number of nitrogens with zero attached hydrogens (tertiary/aromatic N) is 13. The highest BCUT2D eigenvalue weighted by atomic mass is 16.6. The molecule has 0 radical (unpaired) electrons. The predicted octanol–water partition coefficient (Wildman–Crippen LogP) is 9.65. The second-order valence-corrected chi connectivity index (χ2v) is 37.4. The first-order valence-electron chi connectivity index (χ1n) is 48.5. The van der Waals surface area contributed by atoms with Crippen LogP contribution in [0.5, 0.6) is 0 Å². The molecule has 7 aromatic rings. The maximum absolute atomic E-state index is 15.0. The van der Waals surface area contributed by atoms with Gasteiger partial charge in [-0.3, -0.25) is 28.8 Å². The Morgan fingerprint density at radius 1 is 0.681 bits per heavy atom. The zero-order valence-corrected chi connectivity index (χ0v) is 81.4. The van der Waals surface area contributed by atoms with Crippen molar-refractivity contribution in [3.05, 3.63) is 143 Å². The Labute approximate surface area is 806 Å². The second kappa shape index (κ2) is 50.2. The Morgan fingerprint density at radius 2 is 1.38 bits per heavy atom. The number of piperazine rings is 1. The number of hydrogen-bond acceptors (Lipinski definition) is 33. The van der Waals surface area contributed by atoms with E-state index >= 15 is 4.79 Å². The number of amides is 3. The van der Waals surface area contributed by atoms with Gasteiger partial charge in [0.25, 0.3) is 23.6 Å². The molecule has 1 saturated carbocycles. The lowest BCUT2D eigenvalue weighted by atomic mass is 9.78. The number of allylic oxidation sites excluding steroid dienone is 5. The number of cyclic esters (lactones) is 1. The minimum atomic E-state index is -2.46. The van der Waals surface area contributed by atoms with Gasteiger partial charge in [0.1, 0.15) is 53.8 Å². The summed E-state index contributed by atoms with van der Waals surface area (Å²) in [5.74, 6) is -6.71. The van der Waals surface area contributed by atoms with Gasteiger partial charge < -0.3 is 103 Å². The zero-order chi connectivity index (χ0) is 98.1. The number of benzene rings is 2. The molecule has 3 amide bonds. The van der Waals surface area contributed by atoms with Gasteiger partial charge in [0.05, 0.1) is 101 Å². The van der Waals surface area contributed by atoms with Crippen molar-refractivity contribution < 1.29 is 100 Å². The van der Waals surface area contributed by atoms with Gasteiger partial charge in [-0.1, -0.05) is 89.3 Å². The van der Waals surface area contributed by atoms with Crippen LogP contribution < -0.4 is 26.6 Å². The van der Waals surface area contributed by atoms with Crippen LogP contribution in [0.15, 0.2) is 120 Å². The molecule has 7 N–H and O–H groups in total. The number of oxazole rings is 1. The van der Waals surface area contributed by atoms with E-state index in [-0.39, 0.29) is 99.3 Å². The van der Waals surface area contributed by atoms with Crippen LogP contribution in [0.1, 0.15) is 171 Å². The molecule has 10 heterocycles. The molecule has 37 heteroatoms. The van der Waals surface area contributed by atoms with Gasteiger partial charge >= 0.3 is 11.9 Å². The summed E-state index contributed by atoms with van der Waals surface area (Å²) >= 11 is 0. The number of fused-ring (bicyclic) bond motifs is 6. The summed E-state index contributed by atoms with van der Waals surface area (Å²) in [7, 11) is 6.17. The van der Waals surface area contributed by atoms with Crippen LogP contribution in [0.4, 0.5) is 23.7 Å². The SMILES string of the molecule is CO[C@H]1C[C@@H]2CC[C@@H](C)[C@@](O)(O2)C(=O)C(=O)N2CCCC[C@H]2C(=O)O[C@H]([C@H](C)C[C@@H]2CC[C@@H](OC(=O)CCc3cnc(N4CCN(c5ncc(C(=O)NCCOCCOCCOCCOCCC(=O)N6CCc7cc(Cn8nc(-c9ccc%10oc(N)nc%10c9)c9c(N)ncnc98)ccc7C6)cn5)CC4)nc3)[C@H](OC)C2)C[C@@H](OC)[C@H](C)/C=C(\C)[C@@H](O)[C@@H](OC)C(=O)[C@H](C)C[C@H](C)/C=C/C=C/C=C/1C. The predicted molar refractivity (Wildman–Crippen MR) is 514 cm³/mol. The molecule has 748 valence electrons. The number of esters is 2. The summed E-state index contributed by atoms with van der Waals surface area (Å²) < 4.78 is 73.0. The third-order valence-electron chi connectivity index (χ3n) is 27.6. The lowest BCUT2D eigenvalue weighted by Gasteiger charge is -2.43. The van der Waals surface area contributed by atoms with Crippen LogP contribution in [0.2, 0.25) is 0 Å². The van der Waals surface area contributed by atoms with Crippen LogP contribution in [0, 0.1) is 35.5 Å². The van der Waals surface area contributed by atoms with Crippen LogP contribution >= 0.6 is 0 Å². The molecule has 6 aliphatic rings. The van der Waals surface area contributed by atoms with Gasteiger partial charge in [-0.2, -0.15) is 10.1 Å². The topological polar surface area (TPSA) is 460 Å². The van der Waals surface area contributed by atoms with Crippen molar-refractivity contribution in [2.75, 3.05) is 148 Å². The van der Waals surface area contributed by atoms with E-state index < -0.39 is 96.1 Å². The van der Waals surface area contributed by atoms with E-state index in [1.54, 1.807) is 53.6 Å². The number of ketones is 2. The summed E-state index contributed by atoms with van der Waals surface area (Å²) in [6.45, 7) is 20.1. The van der Waals surface area contributed by atoms with Gasteiger partial charge in [0, 0.05) is 148 Å². The number of methoxy groups -OCH3 is 4. The molecule has 5 aromatic heterocycles. The van der Waals surface area contributed by atoms with Crippen molar-refractivity contribution in [2.45, 2.75) is 225 Å². The molecule has 16 atom stereocenters. The summed E-state index contributed by atoms with van der Waals surface area (Å²) in [6.07, 6.45) is 20.4. The lowest BCUT2D eigenvalue weighted by Crippen LogP contribution is -2.61. The van der Waals surface area contributed by atoms with Crippen molar-refractivity contribution in [3.63, 3.8) is 0 Å². The van der Waals surface area contributed by atoms with Crippen LogP contribution in [-0.4, -0.2) is 294 Å². The third-order valence-corrected chi connectivity index (χ3v) is 27.6. The van der Waals surface area contributed by atoms with Crippen molar-refractivity contribution in [1.29, 1.82) is 0 Å². The number of anilines is 4. The van der Waals surface area contributed by atoms with E-state index in [0.717, 1.165) is 34.2 Å². The number of aryl methyl sites for hydroxylation is 1. The fourth-order valence-corrected chi connectivity index (χ4v) is 19.4. The molecule has 4 fully saturated rings. The molecule has 1 aliphatic carbocycles. The Morgan fingerprint density at radius 3 is 2.09 bits per heavy atom. The first-order valence-corrected chi connectivity index (χ1v) is 48.5. The molecule has 2 bridgehead atoms. The normalized spacial score (nSPS) is 26.9. The number of rotatable bonds is 32. The molecule has 3 saturated heterocycles. The highest BCUT2D eigenvalue weighted by Gasteiger charge is 2.53. The largest absolute Gasteiger partial charge is 0.460 e. The molecule has 2 aromatic carbocycles. The number of carbonyl (C=O) groups is 7. The van der Waals surface area contributed by atoms with Crippen molar-refractivity contribution in [2.24, 2.45) is 35.5 Å². The first kappa shape index (κ1) is 104. The maximum atomic E-state index is 15.0. The lowest BCUT2D eigenvalue weighted by molar-refractivity contribution is -0.265. The summed E-state index contributed by atoms with van der Waals surface area (Å²) in [6, 6.07) is 10.8. The first-order chi connectivity index (χ1) is 66.6. The Bertz CT molecular complexity index is 5370. The second-order valence-electron chi connectivity index (χ2n) is 37.4. The van der Waals surface area contributed by atoms with Crippen molar-refractivity contribution in [1.82, 2.24) is 59.8 Å². The van der Waals surface area contributed by atoms with E-state index in [0.29, 0.717) is 213 Å². The van der Waals surface area contributed by atoms with Gasteiger partial charge in [0.2, 0.25) is 23.6 Å². The van der Waals surface area contributed by atoms with E-state index in [9.17, 15) is 39.0 Å². The number of nitrogens with two attached hydrogens (primary N) is 2. The number of ether oxygens (including phenoxy) is 11. The smallest absolute Gasteiger partial charge is 0.329 e. The maximum Gasteiger partial charge on any atom is 0.329 e. The fourth-order valence-electron chi connectivity index (χ4n) is 19.4. The van der Waals surface area contributed by atoms with Crippen LogP contribution in [-0.2, 0) is 107 Å². The number of aromatic nitrogens is 9. The number of hydrogen-bond donors (Lipinski definition) is 5. The summed E-state index contributed by atoms with van der Waals surface area (Å²) in [5.41, 5.74) is 21.1. The Balaban J connectivity index is 0.497. The molecular weight excluding hydrogens is 1770 g/mol. The molecule has 0 spiro atoms. The summed E-state index contributed by atoms with van der Waals surface area (Å²) in [5, 5.41) is 32.5. The van der Waals surface area contributed by atoms with Crippen LogP contribution in [0.3, 0.4) is 0 Å². The highest BCUT2D eigenvalue weighted by molar-refractivity contribution is 6.39. The monoisotopic (exact) mass is 1910 g/mol. The summed E-state index contributed by atoms with van der Waals surface area (Å²) in [4.78, 5) is 137. The van der Waals surface area contributed by atoms with E-state index in [1.807, 2.05) is 97.7 Å². The van der Waals surface area contributed by atoms with Gasteiger partial charge in [0.15, 0.2) is 17.0 Å². The molecule has 37 nitrogen and oxygen atoms in total. The minimum absolute atomic E-state index is 0.00328. The third kappa shape index (κ3) is 27.4. The number of nitrogen functional groups attached to an aromatic ring is 2. The average molecular weight is 1910 g/mol. The quantitative estimate of drug-likeness (QED) is 0.0113. The number of aliphatic hydroxyl groups is 2. The number of carbonyl (C=O) groups excluding carboxylic acids is 7. The van der Waals surface area contributed by atoms with Crippen LogP contribution in [0.25, 0.3) is 33.4 Å². The van der Waals surface area contributed by atoms with E-state index in [4.69, 9.17) is 73.1 Å².